The number of carbonyl (C=O) groups excluding carboxylic acids is 1. The van der Waals surface area contributed by atoms with Crippen LogP contribution in [-0.4, -0.2) is 35.0 Å². The lowest BCUT2D eigenvalue weighted by Gasteiger charge is -2.22. The van der Waals surface area contributed by atoms with Crippen LogP contribution in [0.3, 0.4) is 0 Å². The Kier molecular flexibility index (Phi) is 6.52. The second kappa shape index (κ2) is 8.19. The van der Waals surface area contributed by atoms with E-state index >= 15 is 0 Å². The topological polar surface area (TPSA) is 67.2 Å². The number of hydrogen-bond acceptors (Lipinski definition) is 6. The molecule has 2 aromatic rings. The number of nitrogens with one attached hydrogen (secondary N) is 2. The molecule has 1 amide bonds. The molecule has 3 rings (SSSR count). The summed E-state index contributed by atoms with van der Waals surface area (Å²) in [5.74, 6) is 3.85. The standard InChI is InChI=1S/C15H19N3O2S2.ClH/c1-9-5-12(10(2)20-9)13-8-22-15(17-13)18-14(19)6-11-7-21-4-3-16-11;/h5,8,11,16H,3-4,6-7H2,1-2H3,(H,17,18,19);1H. The minimum atomic E-state index is 0. The Balaban J connectivity index is 0.00000192. The van der Waals surface area contributed by atoms with Crippen LogP contribution in [0.15, 0.2) is 15.9 Å². The van der Waals surface area contributed by atoms with E-state index in [2.05, 4.69) is 15.6 Å². The van der Waals surface area contributed by atoms with Crippen molar-refractivity contribution in [2.45, 2.75) is 26.3 Å². The highest BCUT2D eigenvalue weighted by atomic mass is 35.5. The number of furan rings is 1. The van der Waals surface area contributed by atoms with E-state index in [1.807, 2.05) is 37.1 Å². The summed E-state index contributed by atoms with van der Waals surface area (Å²) in [4.78, 5) is 16.6. The zero-order valence-corrected chi connectivity index (χ0v) is 15.5. The van der Waals surface area contributed by atoms with Crippen LogP contribution in [0.4, 0.5) is 5.13 Å². The van der Waals surface area contributed by atoms with Gasteiger partial charge in [-0.1, -0.05) is 0 Å². The number of hydrogen-bond donors (Lipinski definition) is 2. The summed E-state index contributed by atoms with van der Waals surface area (Å²) >= 11 is 3.33. The molecule has 0 radical (unpaired) electrons. The molecule has 1 aliphatic heterocycles. The van der Waals surface area contributed by atoms with Gasteiger partial charge in [0.15, 0.2) is 5.13 Å². The number of thioether (sulfide) groups is 1. The number of anilines is 1. The lowest BCUT2D eigenvalue weighted by atomic mass is 10.2. The third-order valence-corrected chi connectivity index (χ3v) is 5.39. The van der Waals surface area contributed by atoms with Crippen molar-refractivity contribution >= 4 is 46.5 Å². The minimum Gasteiger partial charge on any atom is -0.466 e. The Morgan fingerprint density at radius 3 is 3.00 bits per heavy atom. The Morgan fingerprint density at radius 2 is 2.35 bits per heavy atom. The van der Waals surface area contributed by atoms with Crippen molar-refractivity contribution in [3.8, 4) is 11.3 Å². The molecule has 1 atom stereocenters. The molecule has 2 N–H and O–H groups in total. The first kappa shape index (κ1) is 18.3. The highest BCUT2D eigenvalue weighted by Crippen LogP contribution is 2.29. The first-order chi connectivity index (χ1) is 10.6. The molecule has 2 aromatic heterocycles. The monoisotopic (exact) mass is 373 g/mol. The summed E-state index contributed by atoms with van der Waals surface area (Å²) in [6.45, 7) is 4.82. The third-order valence-electron chi connectivity index (χ3n) is 3.50. The van der Waals surface area contributed by atoms with E-state index in [4.69, 9.17) is 4.42 Å². The number of amides is 1. The molecule has 0 aliphatic carbocycles. The van der Waals surface area contributed by atoms with Gasteiger partial charge in [-0.2, -0.15) is 11.8 Å². The molecule has 0 spiro atoms. The van der Waals surface area contributed by atoms with E-state index in [1.165, 1.54) is 11.3 Å². The largest absolute Gasteiger partial charge is 0.466 e. The molecular weight excluding hydrogens is 354 g/mol. The Morgan fingerprint density at radius 1 is 1.52 bits per heavy atom. The van der Waals surface area contributed by atoms with Crippen molar-refractivity contribution in [2.75, 3.05) is 23.4 Å². The number of thiazole rings is 1. The zero-order chi connectivity index (χ0) is 15.5. The zero-order valence-electron chi connectivity index (χ0n) is 13.0. The normalized spacial score (nSPS) is 17.6. The van der Waals surface area contributed by atoms with Crippen molar-refractivity contribution in [1.82, 2.24) is 10.3 Å². The fourth-order valence-electron chi connectivity index (χ4n) is 2.48. The molecule has 1 saturated heterocycles. The van der Waals surface area contributed by atoms with Gasteiger partial charge in [-0.05, 0) is 19.9 Å². The van der Waals surface area contributed by atoms with Gasteiger partial charge in [0.1, 0.15) is 11.5 Å². The van der Waals surface area contributed by atoms with Crippen LogP contribution in [0.5, 0.6) is 0 Å². The van der Waals surface area contributed by atoms with Gasteiger partial charge in [0, 0.05) is 41.5 Å². The number of carbonyl (C=O) groups is 1. The van der Waals surface area contributed by atoms with E-state index in [-0.39, 0.29) is 24.4 Å². The van der Waals surface area contributed by atoms with Crippen LogP contribution in [0.2, 0.25) is 0 Å². The maximum Gasteiger partial charge on any atom is 0.227 e. The first-order valence-corrected chi connectivity index (χ1v) is 9.29. The minimum absolute atomic E-state index is 0. The Labute approximate surface area is 150 Å². The summed E-state index contributed by atoms with van der Waals surface area (Å²) in [5, 5.41) is 8.85. The molecule has 0 bridgehead atoms. The van der Waals surface area contributed by atoms with Crippen molar-refractivity contribution in [3.05, 3.63) is 23.0 Å². The van der Waals surface area contributed by atoms with Crippen molar-refractivity contribution in [1.29, 1.82) is 0 Å². The predicted octanol–water partition coefficient (Wildman–Crippen LogP) is 3.48. The number of aryl methyl sites for hydroxylation is 2. The average molecular weight is 374 g/mol. The second-order valence-electron chi connectivity index (χ2n) is 5.34. The quantitative estimate of drug-likeness (QED) is 0.858. The molecule has 8 heteroatoms. The van der Waals surface area contributed by atoms with Crippen LogP contribution in [0.25, 0.3) is 11.3 Å². The smallest absolute Gasteiger partial charge is 0.227 e. The molecule has 1 fully saturated rings. The van der Waals surface area contributed by atoms with E-state index < -0.39 is 0 Å². The number of aromatic nitrogens is 1. The van der Waals surface area contributed by atoms with Gasteiger partial charge >= 0.3 is 0 Å². The van der Waals surface area contributed by atoms with Gasteiger partial charge in [0.05, 0.1) is 5.69 Å². The first-order valence-electron chi connectivity index (χ1n) is 7.26. The van der Waals surface area contributed by atoms with E-state index in [0.717, 1.165) is 40.8 Å². The van der Waals surface area contributed by atoms with Crippen molar-refractivity contribution in [3.63, 3.8) is 0 Å². The number of rotatable bonds is 4. The molecule has 0 aromatic carbocycles. The Bertz CT molecular complexity index is 665. The van der Waals surface area contributed by atoms with Gasteiger partial charge in [-0.3, -0.25) is 4.79 Å². The lowest BCUT2D eigenvalue weighted by molar-refractivity contribution is -0.116. The molecular formula is C15H20ClN3O2S2. The number of halogens is 1. The van der Waals surface area contributed by atoms with Gasteiger partial charge in [0.25, 0.3) is 0 Å². The number of nitrogens with zero attached hydrogens (tertiary/aromatic N) is 1. The van der Waals surface area contributed by atoms with Crippen LogP contribution in [0.1, 0.15) is 17.9 Å². The van der Waals surface area contributed by atoms with E-state index in [0.29, 0.717) is 11.6 Å². The SMILES string of the molecule is Cc1cc(-c2csc(NC(=O)CC3CSCCN3)n2)c(C)o1.Cl. The summed E-state index contributed by atoms with van der Waals surface area (Å²) in [5.41, 5.74) is 1.83. The van der Waals surface area contributed by atoms with Gasteiger partial charge in [-0.15, -0.1) is 23.7 Å². The highest BCUT2D eigenvalue weighted by Gasteiger charge is 2.18. The van der Waals surface area contributed by atoms with Crippen LogP contribution < -0.4 is 10.6 Å². The molecule has 3 heterocycles. The molecule has 5 nitrogen and oxygen atoms in total. The molecule has 126 valence electrons. The van der Waals surface area contributed by atoms with Crippen LogP contribution in [-0.2, 0) is 4.79 Å². The molecule has 1 unspecified atom stereocenters. The van der Waals surface area contributed by atoms with Crippen molar-refractivity contribution < 1.29 is 9.21 Å². The average Bonchev–Trinajstić information content (AvgIpc) is 3.06. The van der Waals surface area contributed by atoms with Gasteiger partial charge in [0.2, 0.25) is 5.91 Å². The fourth-order valence-corrected chi connectivity index (χ4v) is 4.16. The van der Waals surface area contributed by atoms with Crippen LogP contribution in [0, 0.1) is 13.8 Å². The van der Waals surface area contributed by atoms with Gasteiger partial charge in [-0.25, -0.2) is 4.98 Å². The second-order valence-corrected chi connectivity index (χ2v) is 7.35. The molecule has 1 aliphatic rings. The van der Waals surface area contributed by atoms with Gasteiger partial charge < -0.3 is 15.1 Å². The van der Waals surface area contributed by atoms with Crippen molar-refractivity contribution in [2.24, 2.45) is 0 Å². The van der Waals surface area contributed by atoms with Crippen LogP contribution >= 0.6 is 35.5 Å². The predicted molar refractivity (Wildman–Crippen MR) is 98.9 cm³/mol. The van der Waals surface area contributed by atoms with E-state index in [9.17, 15) is 4.79 Å². The maximum absolute atomic E-state index is 12.1. The highest BCUT2D eigenvalue weighted by molar-refractivity contribution is 7.99. The third kappa shape index (κ3) is 4.73. The van der Waals surface area contributed by atoms with E-state index in [1.54, 1.807) is 0 Å². The summed E-state index contributed by atoms with van der Waals surface area (Å²) in [6.07, 6.45) is 0.492. The lowest BCUT2D eigenvalue weighted by Crippen LogP contribution is -2.39. The summed E-state index contributed by atoms with van der Waals surface area (Å²) in [7, 11) is 0. The Hall–Kier alpha value is -1.02. The fraction of sp³-hybridized carbons (Fsp3) is 0.467. The molecule has 23 heavy (non-hydrogen) atoms. The summed E-state index contributed by atoms with van der Waals surface area (Å²) < 4.78 is 5.53. The summed E-state index contributed by atoms with van der Waals surface area (Å²) in [6, 6.07) is 2.23. The maximum atomic E-state index is 12.1. The molecule has 0 saturated carbocycles.